The van der Waals surface area contributed by atoms with Crippen LogP contribution in [-0.4, -0.2) is 19.6 Å². The Bertz CT molecular complexity index is 738. The lowest BCUT2D eigenvalue weighted by molar-refractivity contribution is 0.0950. The second kappa shape index (κ2) is 8.56. The van der Waals surface area contributed by atoms with Gasteiger partial charge in [-0.05, 0) is 60.7 Å². The molecule has 2 rings (SSSR count). The molecule has 0 saturated carbocycles. The molecule has 0 heterocycles. The number of aryl methyl sites for hydroxylation is 1. The predicted molar refractivity (Wildman–Crippen MR) is 101 cm³/mol. The number of methoxy groups -OCH3 is 1. The van der Waals surface area contributed by atoms with Gasteiger partial charge in [0.25, 0.3) is 5.91 Å². The Kier molecular flexibility index (Phi) is 6.45. The molecular weight excluding hydrogens is 314 g/mol. The smallest absolute Gasteiger partial charge is 0.251 e. The molecule has 134 valence electrons. The number of rotatable bonds is 7. The molecule has 4 heteroatoms. The third kappa shape index (κ3) is 4.75. The van der Waals surface area contributed by atoms with Gasteiger partial charge in [-0.3, -0.25) is 4.79 Å². The van der Waals surface area contributed by atoms with Crippen molar-refractivity contribution < 1.29 is 14.3 Å². The second-order valence-corrected chi connectivity index (χ2v) is 6.33. The lowest BCUT2D eigenvalue weighted by Crippen LogP contribution is -2.24. The van der Waals surface area contributed by atoms with Crippen LogP contribution >= 0.6 is 0 Å². The Balaban J connectivity index is 2.15. The molecule has 1 N–H and O–H groups in total. The molecule has 0 atom stereocenters. The van der Waals surface area contributed by atoms with E-state index in [4.69, 9.17) is 9.47 Å². The summed E-state index contributed by atoms with van der Waals surface area (Å²) in [4.78, 5) is 12.6. The number of carbonyl (C=O) groups excluding carboxylic acids is 1. The van der Waals surface area contributed by atoms with Crippen molar-refractivity contribution in [1.82, 2.24) is 5.32 Å². The minimum Gasteiger partial charge on any atom is -0.496 e. The summed E-state index contributed by atoms with van der Waals surface area (Å²) < 4.78 is 10.9. The fourth-order valence-electron chi connectivity index (χ4n) is 2.76. The summed E-state index contributed by atoms with van der Waals surface area (Å²) in [5.41, 5.74) is 3.64. The van der Waals surface area contributed by atoms with Gasteiger partial charge in [0.2, 0.25) is 0 Å². The van der Waals surface area contributed by atoms with Gasteiger partial charge in [-0.15, -0.1) is 0 Å². The summed E-state index contributed by atoms with van der Waals surface area (Å²) in [6, 6.07) is 11.6. The number of hydrogen-bond acceptors (Lipinski definition) is 3. The zero-order valence-electron chi connectivity index (χ0n) is 15.7. The molecule has 0 spiro atoms. The van der Waals surface area contributed by atoms with Crippen molar-refractivity contribution in [2.45, 2.75) is 40.2 Å². The minimum absolute atomic E-state index is 0.0798. The average Bonchev–Trinajstić information content (AvgIpc) is 2.59. The summed E-state index contributed by atoms with van der Waals surface area (Å²) >= 11 is 0. The topological polar surface area (TPSA) is 47.6 Å². The van der Waals surface area contributed by atoms with Crippen molar-refractivity contribution in [3.05, 3.63) is 58.7 Å². The number of nitrogens with one attached hydrogen (secondary N) is 1. The summed E-state index contributed by atoms with van der Waals surface area (Å²) in [5, 5.41) is 2.99. The highest BCUT2D eigenvalue weighted by Crippen LogP contribution is 2.29. The molecule has 0 aliphatic heterocycles. The maximum Gasteiger partial charge on any atom is 0.251 e. The van der Waals surface area contributed by atoms with Gasteiger partial charge in [0, 0.05) is 12.1 Å². The van der Waals surface area contributed by atoms with Gasteiger partial charge in [-0.1, -0.05) is 26.0 Å². The third-order valence-corrected chi connectivity index (χ3v) is 4.11. The molecule has 2 aromatic carbocycles. The maximum atomic E-state index is 12.6. The van der Waals surface area contributed by atoms with Crippen LogP contribution in [0.5, 0.6) is 11.5 Å². The monoisotopic (exact) mass is 341 g/mol. The molecule has 25 heavy (non-hydrogen) atoms. The standard InChI is InChI=1S/C21H27NO3/c1-6-25-17-9-7-8-16(11-17)13-22-21(23)19-12-18(14(2)3)20(24-5)10-15(19)4/h7-12,14H,6,13H2,1-5H3,(H,22,23). The average molecular weight is 341 g/mol. The van der Waals surface area contributed by atoms with Gasteiger partial charge < -0.3 is 14.8 Å². The van der Waals surface area contributed by atoms with E-state index in [1.807, 2.05) is 50.2 Å². The number of amides is 1. The largest absolute Gasteiger partial charge is 0.496 e. The summed E-state index contributed by atoms with van der Waals surface area (Å²) in [6.07, 6.45) is 0. The van der Waals surface area contributed by atoms with E-state index in [1.165, 1.54) is 0 Å². The van der Waals surface area contributed by atoms with Gasteiger partial charge in [0.05, 0.1) is 13.7 Å². The van der Waals surface area contributed by atoms with Crippen LogP contribution in [0.1, 0.15) is 53.7 Å². The molecule has 0 saturated heterocycles. The van der Waals surface area contributed by atoms with Crippen molar-refractivity contribution in [3.8, 4) is 11.5 Å². The van der Waals surface area contributed by atoms with Crippen LogP contribution in [0.4, 0.5) is 0 Å². The van der Waals surface area contributed by atoms with E-state index in [2.05, 4.69) is 19.2 Å². The lowest BCUT2D eigenvalue weighted by Gasteiger charge is -2.16. The van der Waals surface area contributed by atoms with E-state index in [0.717, 1.165) is 28.2 Å². The first-order valence-electron chi connectivity index (χ1n) is 8.64. The highest BCUT2D eigenvalue weighted by Gasteiger charge is 2.15. The second-order valence-electron chi connectivity index (χ2n) is 6.33. The molecule has 0 unspecified atom stereocenters. The van der Waals surface area contributed by atoms with E-state index in [9.17, 15) is 4.79 Å². The van der Waals surface area contributed by atoms with Gasteiger partial charge in [-0.25, -0.2) is 0 Å². The first kappa shape index (κ1) is 18.8. The molecule has 0 aliphatic rings. The molecule has 2 aromatic rings. The van der Waals surface area contributed by atoms with Crippen LogP contribution in [0.3, 0.4) is 0 Å². The SMILES string of the molecule is CCOc1cccc(CNC(=O)c2cc(C(C)C)c(OC)cc2C)c1. The van der Waals surface area contributed by atoms with E-state index < -0.39 is 0 Å². The Labute approximate surface area is 150 Å². The number of ether oxygens (including phenoxy) is 2. The Morgan fingerprint density at radius 3 is 2.60 bits per heavy atom. The zero-order valence-corrected chi connectivity index (χ0v) is 15.7. The molecule has 0 fully saturated rings. The maximum absolute atomic E-state index is 12.6. The Morgan fingerprint density at radius 2 is 1.96 bits per heavy atom. The molecule has 0 bridgehead atoms. The normalized spacial score (nSPS) is 10.6. The molecule has 4 nitrogen and oxygen atoms in total. The van der Waals surface area contributed by atoms with Crippen molar-refractivity contribution in [2.24, 2.45) is 0 Å². The van der Waals surface area contributed by atoms with E-state index in [-0.39, 0.29) is 11.8 Å². The number of carbonyl (C=O) groups is 1. The van der Waals surface area contributed by atoms with Crippen molar-refractivity contribution in [2.75, 3.05) is 13.7 Å². The van der Waals surface area contributed by atoms with Crippen LogP contribution in [0.15, 0.2) is 36.4 Å². The van der Waals surface area contributed by atoms with Crippen molar-refractivity contribution >= 4 is 5.91 Å². The summed E-state index contributed by atoms with van der Waals surface area (Å²) in [6.45, 7) is 9.15. The van der Waals surface area contributed by atoms with Gasteiger partial charge in [0.15, 0.2) is 0 Å². The van der Waals surface area contributed by atoms with Crippen LogP contribution < -0.4 is 14.8 Å². The fourth-order valence-corrected chi connectivity index (χ4v) is 2.76. The Hall–Kier alpha value is -2.49. The van der Waals surface area contributed by atoms with Crippen molar-refractivity contribution in [1.29, 1.82) is 0 Å². The number of benzene rings is 2. The highest BCUT2D eigenvalue weighted by atomic mass is 16.5. The fraction of sp³-hybridized carbons (Fsp3) is 0.381. The lowest BCUT2D eigenvalue weighted by atomic mass is 9.96. The van der Waals surface area contributed by atoms with E-state index in [1.54, 1.807) is 7.11 Å². The van der Waals surface area contributed by atoms with E-state index in [0.29, 0.717) is 18.7 Å². The van der Waals surface area contributed by atoms with Crippen LogP contribution in [0.25, 0.3) is 0 Å². The van der Waals surface area contributed by atoms with Crippen LogP contribution in [0.2, 0.25) is 0 Å². The van der Waals surface area contributed by atoms with Gasteiger partial charge in [0.1, 0.15) is 11.5 Å². The van der Waals surface area contributed by atoms with Gasteiger partial charge >= 0.3 is 0 Å². The van der Waals surface area contributed by atoms with Gasteiger partial charge in [-0.2, -0.15) is 0 Å². The third-order valence-electron chi connectivity index (χ3n) is 4.11. The number of hydrogen-bond donors (Lipinski definition) is 1. The first-order valence-corrected chi connectivity index (χ1v) is 8.64. The quantitative estimate of drug-likeness (QED) is 0.809. The zero-order chi connectivity index (χ0) is 18.4. The highest BCUT2D eigenvalue weighted by molar-refractivity contribution is 5.96. The predicted octanol–water partition coefficient (Wildman–Crippen LogP) is 4.46. The minimum atomic E-state index is -0.0798. The van der Waals surface area contributed by atoms with E-state index >= 15 is 0 Å². The summed E-state index contributed by atoms with van der Waals surface area (Å²) in [5.74, 6) is 1.85. The summed E-state index contributed by atoms with van der Waals surface area (Å²) in [7, 11) is 1.66. The van der Waals surface area contributed by atoms with Crippen LogP contribution in [-0.2, 0) is 6.54 Å². The Morgan fingerprint density at radius 1 is 1.20 bits per heavy atom. The molecule has 0 aromatic heterocycles. The molecular formula is C21H27NO3. The van der Waals surface area contributed by atoms with Crippen LogP contribution in [0, 0.1) is 6.92 Å². The van der Waals surface area contributed by atoms with Crippen molar-refractivity contribution in [3.63, 3.8) is 0 Å². The molecule has 1 amide bonds. The first-order chi connectivity index (χ1) is 12.0. The molecule has 0 radical (unpaired) electrons. The molecule has 0 aliphatic carbocycles.